The maximum Gasteiger partial charge on any atom is 0.251 e. The number of fused-ring (bicyclic) bond motifs is 1. The molecule has 0 aliphatic rings. The van der Waals surface area contributed by atoms with E-state index in [1.54, 1.807) is 25.3 Å². The molecule has 2 aromatic carbocycles. The molecule has 1 amide bonds. The minimum Gasteiger partial charge on any atom is -0.497 e. The van der Waals surface area contributed by atoms with E-state index in [9.17, 15) is 4.79 Å². The van der Waals surface area contributed by atoms with Crippen LogP contribution in [0.3, 0.4) is 0 Å². The van der Waals surface area contributed by atoms with E-state index in [-0.39, 0.29) is 19.1 Å². The molecule has 0 aliphatic heterocycles. The SMILES string of the molecule is COc1cccc(-c2nc(-c3noc4ccc(C(=O)NCCO)cc34)co2)c1. The number of hydrogen-bond donors (Lipinski definition) is 2. The van der Waals surface area contributed by atoms with Gasteiger partial charge in [0, 0.05) is 17.7 Å². The van der Waals surface area contributed by atoms with Gasteiger partial charge in [-0.3, -0.25) is 4.79 Å². The number of aliphatic hydroxyl groups excluding tert-OH is 1. The molecule has 2 N–H and O–H groups in total. The molecule has 8 heteroatoms. The third-order valence-electron chi connectivity index (χ3n) is 4.19. The Hall–Kier alpha value is -3.65. The first-order chi connectivity index (χ1) is 13.7. The van der Waals surface area contributed by atoms with Gasteiger partial charge in [-0.05, 0) is 36.4 Å². The fraction of sp³-hybridized carbons (Fsp3) is 0.150. The van der Waals surface area contributed by atoms with Gasteiger partial charge in [0.25, 0.3) is 5.91 Å². The van der Waals surface area contributed by atoms with Gasteiger partial charge in [0.1, 0.15) is 23.4 Å². The quantitative estimate of drug-likeness (QED) is 0.530. The number of oxazole rings is 1. The van der Waals surface area contributed by atoms with Crippen LogP contribution >= 0.6 is 0 Å². The van der Waals surface area contributed by atoms with Crippen molar-refractivity contribution in [1.29, 1.82) is 0 Å². The lowest BCUT2D eigenvalue weighted by molar-refractivity contribution is 0.0945. The van der Waals surface area contributed by atoms with Gasteiger partial charge in [-0.1, -0.05) is 11.2 Å². The molecule has 8 nitrogen and oxygen atoms in total. The highest BCUT2D eigenvalue weighted by Gasteiger charge is 2.17. The van der Waals surface area contributed by atoms with E-state index in [2.05, 4.69) is 15.5 Å². The number of amides is 1. The van der Waals surface area contributed by atoms with Crippen LogP contribution in [0.25, 0.3) is 33.8 Å². The summed E-state index contributed by atoms with van der Waals surface area (Å²) in [7, 11) is 1.59. The molecule has 0 spiro atoms. The topological polar surface area (TPSA) is 111 Å². The van der Waals surface area contributed by atoms with Crippen molar-refractivity contribution in [3.63, 3.8) is 0 Å². The van der Waals surface area contributed by atoms with Crippen molar-refractivity contribution < 1.29 is 23.6 Å². The fourth-order valence-electron chi connectivity index (χ4n) is 2.81. The Morgan fingerprint density at radius 3 is 2.96 bits per heavy atom. The minimum atomic E-state index is -0.291. The Kier molecular flexibility index (Phi) is 4.77. The van der Waals surface area contributed by atoms with Gasteiger partial charge in [0.05, 0.1) is 19.1 Å². The lowest BCUT2D eigenvalue weighted by Crippen LogP contribution is -2.26. The summed E-state index contributed by atoms with van der Waals surface area (Å²) < 4.78 is 16.2. The molecule has 0 saturated heterocycles. The van der Waals surface area contributed by atoms with E-state index in [0.717, 1.165) is 5.56 Å². The van der Waals surface area contributed by atoms with Crippen LogP contribution in [-0.2, 0) is 0 Å². The second-order valence-corrected chi connectivity index (χ2v) is 5.99. The van der Waals surface area contributed by atoms with Crippen molar-refractivity contribution in [3.05, 3.63) is 54.3 Å². The number of benzene rings is 2. The van der Waals surface area contributed by atoms with Crippen LogP contribution < -0.4 is 10.1 Å². The fourth-order valence-corrected chi connectivity index (χ4v) is 2.81. The lowest BCUT2D eigenvalue weighted by Gasteiger charge is -2.02. The maximum absolute atomic E-state index is 12.1. The Bertz CT molecular complexity index is 1130. The zero-order chi connectivity index (χ0) is 19.5. The van der Waals surface area contributed by atoms with Crippen molar-refractivity contribution in [3.8, 4) is 28.6 Å². The van der Waals surface area contributed by atoms with Gasteiger partial charge in [-0.2, -0.15) is 0 Å². The molecular weight excluding hydrogens is 362 g/mol. The van der Waals surface area contributed by atoms with Crippen LogP contribution in [0.4, 0.5) is 0 Å². The summed E-state index contributed by atoms with van der Waals surface area (Å²) in [5, 5.41) is 16.2. The molecule has 0 atom stereocenters. The van der Waals surface area contributed by atoms with Gasteiger partial charge in [0.15, 0.2) is 5.58 Å². The van der Waals surface area contributed by atoms with Crippen molar-refractivity contribution in [2.24, 2.45) is 0 Å². The number of carbonyl (C=O) groups excluding carboxylic acids is 1. The van der Waals surface area contributed by atoms with Gasteiger partial charge < -0.3 is 24.1 Å². The predicted octanol–water partition coefficient (Wildman–Crippen LogP) is 2.88. The van der Waals surface area contributed by atoms with Gasteiger partial charge in [-0.25, -0.2) is 4.98 Å². The Balaban J connectivity index is 1.69. The molecule has 0 radical (unpaired) electrons. The molecule has 2 aromatic heterocycles. The average molecular weight is 379 g/mol. The Morgan fingerprint density at radius 1 is 1.25 bits per heavy atom. The first kappa shape index (κ1) is 17.7. The molecule has 0 fully saturated rings. The van der Waals surface area contributed by atoms with Crippen molar-refractivity contribution in [2.45, 2.75) is 0 Å². The number of hydrogen-bond acceptors (Lipinski definition) is 7. The molecule has 0 aliphatic carbocycles. The highest BCUT2D eigenvalue weighted by Crippen LogP contribution is 2.31. The molecule has 28 heavy (non-hydrogen) atoms. The van der Waals surface area contributed by atoms with Gasteiger partial charge in [-0.15, -0.1) is 0 Å². The highest BCUT2D eigenvalue weighted by molar-refractivity contribution is 6.00. The smallest absolute Gasteiger partial charge is 0.251 e. The van der Waals surface area contributed by atoms with E-state index < -0.39 is 0 Å². The molecule has 0 unspecified atom stereocenters. The molecular formula is C20H17N3O5. The highest BCUT2D eigenvalue weighted by atomic mass is 16.5. The average Bonchev–Trinajstić information content (AvgIpc) is 3.38. The largest absolute Gasteiger partial charge is 0.497 e. The van der Waals surface area contributed by atoms with Crippen molar-refractivity contribution in [1.82, 2.24) is 15.5 Å². The lowest BCUT2D eigenvalue weighted by atomic mass is 10.1. The third kappa shape index (κ3) is 3.33. The minimum absolute atomic E-state index is 0.126. The van der Waals surface area contributed by atoms with E-state index in [4.69, 9.17) is 18.8 Å². The van der Waals surface area contributed by atoms with Crippen LogP contribution in [-0.4, -0.2) is 41.4 Å². The number of aromatic nitrogens is 2. The summed E-state index contributed by atoms with van der Waals surface area (Å²) in [6.07, 6.45) is 1.49. The zero-order valence-electron chi connectivity index (χ0n) is 15.0. The van der Waals surface area contributed by atoms with Crippen molar-refractivity contribution >= 4 is 16.9 Å². The number of methoxy groups -OCH3 is 1. The molecule has 4 rings (SSSR count). The Labute approximate surface area is 159 Å². The number of aliphatic hydroxyl groups is 1. The summed E-state index contributed by atoms with van der Waals surface area (Å²) in [6, 6.07) is 12.3. The first-order valence-corrected chi connectivity index (χ1v) is 8.58. The second-order valence-electron chi connectivity index (χ2n) is 5.99. The molecule has 2 heterocycles. The van der Waals surface area contributed by atoms with Gasteiger partial charge in [0.2, 0.25) is 5.89 Å². The predicted molar refractivity (Wildman–Crippen MR) is 101 cm³/mol. The van der Waals surface area contributed by atoms with Crippen LogP contribution in [0.5, 0.6) is 5.75 Å². The molecule has 0 bridgehead atoms. The number of ether oxygens (including phenoxy) is 1. The summed E-state index contributed by atoms with van der Waals surface area (Å²) in [5.41, 5.74) is 2.69. The molecule has 4 aromatic rings. The summed E-state index contributed by atoms with van der Waals surface area (Å²) in [5.74, 6) is 0.824. The molecule has 0 saturated carbocycles. The standard InChI is InChI=1S/C20H17N3O5/c1-26-14-4-2-3-13(9-14)20-22-16(11-27-20)18-15-10-12(19(25)21-7-8-24)5-6-17(15)28-23-18/h2-6,9-11,24H,7-8H2,1H3,(H,21,25). The van der Waals surface area contributed by atoms with Crippen LogP contribution in [0, 0.1) is 0 Å². The van der Waals surface area contributed by atoms with Crippen LogP contribution in [0.1, 0.15) is 10.4 Å². The number of nitrogens with one attached hydrogen (secondary N) is 1. The van der Waals surface area contributed by atoms with E-state index in [0.29, 0.717) is 39.6 Å². The number of nitrogens with zero attached hydrogens (tertiary/aromatic N) is 2. The second kappa shape index (κ2) is 7.53. The van der Waals surface area contributed by atoms with E-state index in [1.807, 2.05) is 24.3 Å². The van der Waals surface area contributed by atoms with Gasteiger partial charge >= 0.3 is 0 Å². The van der Waals surface area contributed by atoms with Crippen molar-refractivity contribution in [2.75, 3.05) is 20.3 Å². The number of rotatable bonds is 6. The maximum atomic E-state index is 12.1. The summed E-state index contributed by atoms with van der Waals surface area (Å²) >= 11 is 0. The Morgan fingerprint density at radius 2 is 2.14 bits per heavy atom. The van der Waals surface area contributed by atoms with E-state index >= 15 is 0 Å². The van der Waals surface area contributed by atoms with E-state index in [1.165, 1.54) is 6.26 Å². The number of carbonyl (C=O) groups is 1. The van der Waals surface area contributed by atoms with Crippen LogP contribution in [0.15, 0.2) is 57.7 Å². The normalized spacial score (nSPS) is 10.9. The monoisotopic (exact) mass is 379 g/mol. The summed E-state index contributed by atoms with van der Waals surface area (Å²) in [4.78, 5) is 16.6. The van der Waals surface area contributed by atoms with Crippen LogP contribution in [0.2, 0.25) is 0 Å². The third-order valence-corrected chi connectivity index (χ3v) is 4.19. The zero-order valence-corrected chi connectivity index (χ0v) is 15.0. The molecule has 142 valence electrons. The first-order valence-electron chi connectivity index (χ1n) is 8.58. The summed E-state index contributed by atoms with van der Waals surface area (Å²) in [6.45, 7) is 0.0546.